The van der Waals surface area contributed by atoms with Gasteiger partial charge in [-0.1, -0.05) is 7.43 Å². The fraction of sp³-hybridized carbons (Fsp3) is 0.385. The summed E-state index contributed by atoms with van der Waals surface area (Å²) in [5, 5.41) is 28.9. The van der Waals surface area contributed by atoms with Crippen LogP contribution in [0.5, 0.6) is 0 Å². The smallest absolute Gasteiger partial charge is 0.393 e. The first kappa shape index (κ1) is 22.9. The van der Waals surface area contributed by atoms with Gasteiger partial charge in [0.05, 0.1) is 23.8 Å². The number of aliphatic hydroxyl groups excluding tert-OH is 1. The van der Waals surface area contributed by atoms with Gasteiger partial charge in [-0.25, -0.2) is 0 Å². The molecule has 0 saturated heterocycles. The van der Waals surface area contributed by atoms with Crippen LogP contribution in [0.2, 0.25) is 0 Å². The van der Waals surface area contributed by atoms with Gasteiger partial charge >= 0.3 is 6.18 Å². The molecule has 5 nitrogen and oxygen atoms in total. The molecule has 9 heteroatoms. The van der Waals surface area contributed by atoms with E-state index in [0.717, 1.165) is 19.1 Å². The number of nitrogens with one attached hydrogen (secondary N) is 1. The van der Waals surface area contributed by atoms with Crippen molar-refractivity contribution in [3.05, 3.63) is 29.3 Å². The second-order valence-electron chi connectivity index (χ2n) is 4.26. The molecule has 0 saturated carbocycles. The Kier molecular flexibility index (Phi) is 8.59. The second-order valence-corrected chi connectivity index (χ2v) is 4.26. The Hall–Kier alpha value is -1.42. The third kappa shape index (κ3) is 5.41. The molecular weight excluding hydrogens is 473 g/mol. The summed E-state index contributed by atoms with van der Waals surface area (Å²) >= 11 is 0. The van der Waals surface area contributed by atoms with Crippen molar-refractivity contribution in [2.45, 2.75) is 26.1 Å². The molecule has 0 heterocycles. The van der Waals surface area contributed by atoms with E-state index in [2.05, 4.69) is 0 Å². The maximum absolute atomic E-state index is 12.7. The number of halogens is 3. The minimum Gasteiger partial charge on any atom is -0.393 e. The molecule has 0 aromatic heterocycles. The van der Waals surface area contributed by atoms with Gasteiger partial charge in [0.25, 0.3) is 5.91 Å². The van der Waals surface area contributed by atoms with Gasteiger partial charge in [-0.3, -0.25) is 4.79 Å². The van der Waals surface area contributed by atoms with Gasteiger partial charge < -0.3 is 15.5 Å². The van der Waals surface area contributed by atoms with Crippen LogP contribution in [0.4, 0.5) is 18.9 Å². The Morgan fingerprint density at radius 3 is 2.36 bits per heavy atom. The molecule has 0 bridgehead atoms. The number of rotatable bonds is 3. The molecule has 122 valence electrons. The molecular formula is C13H15F3N2O3W. The Morgan fingerprint density at radius 1 is 1.41 bits per heavy atom. The van der Waals surface area contributed by atoms with E-state index in [0.29, 0.717) is 6.07 Å². The summed E-state index contributed by atoms with van der Waals surface area (Å²) in [6, 6.07) is 3.99. The summed E-state index contributed by atoms with van der Waals surface area (Å²) in [5.41, 5.74) is -4.13. The standard InChI is InChI=1S/C12H11F3N2O3.CH4.W/c1-11(20,6-18)10(19)17-8-3-2-7(5-16)9(4-8)12(13,14)15;;/h2-4,18,20H,6H2,1H3,(H,17,19);1H4;. The number of amides is 1. The van der Waals surface area contributed by atoms with Crippen molar-refractivity contribution < 1.29 is 49.2 Å². The van der Waals surface area contributed by atoms with Crippen LogP contribution in [-0.4, -0.2) is 28.3 Å². The molecule has 1 unspecified atom stereocenters. The van der Waals surface area contributed by atoms with E-state index in [-0.39, 0.29) is 34.2 Å². The number of nitrogens with zero attached hydrogens (tertiary/aromatic N) is 1. The molecule has 0 aliphatic heterocycles. The van der Waals surface area contributed by atoms with Crippen molar-refractivity contribution in [1.82, 2.24) is 0 Å². The molecule has 0 aliphatic rings. The number of benzene rings is 1. The van der Waals surface area contributed by atoms with E-state index in [1.165, 1.54) is 6.07 Å². The summed E-state index contributed by atoms with van der Waals surface area (Å²) in [6.07, 6.45) is -4.74. The number of hydrogen-bond acceptors (Lipinski definition) is 4. The average Bonchev–Trinajstić information content (AvgIpc) is 2.37. The van der Waals surface area contributed by atoms with Gasteiger partial charge in [-0.15, -0.1) is 0 Å². The Morgan fingerprint density at radius 2 is 1.95 bits per heavy atom. The minimum atomic E-state index is -4.74. The largest absolute Gasteiger partial charge is 0.417 e. The van der Waals surface area contributed by atoms with E-state index in [4.69, 9.17) is 10.4 Å². The predicted molar refractivity (Wildman–Crippen MR) is 69.2 cm³/mol. The van der Waals surface area contributed by atoms with Crippen LogP contribution in [0, 0.1) is 11.3 Å². The molecule has 1 aromatic rings. The first-order valence-electron chi connectivity index (χ1n) is 5.38. The van der Waals surface area contributed by atoms with E-state index in [9.17, 15) is 23.1 Å². The molecule has 0 spiro atoms. The summed E-state index contributed by atoms with van der Waals surface area (Å²) in [5.74, 6) is -1.06. The Labute approximate surface area is 140 Å². The third-order valence-electron chi connectivity index (χ3n) is 2.50. The Balaban J connectivity index is 0. The molecule has 0 fully saturated rings. The summed E-state index contributed by atoms with van der Waals surface area (Å²) in [6.45, 7) is 0.123. The molecule has 22 heavy (non-hydrogen) atoms. The van der Waals surface area contributed by atoms with Gasteiger partial charge in [0.15, 0.2) is 5.60 Å². The number of carbonyl (C=O) groups excluding carboxylic acids is 1. The Bertz CT molecular complexity index is 569. The maximum atomic E-state index is 12.7. The fourth-order valence-electron chi connectivity index (χ4n) is 1.29. The zero-order chi connectivity index (χ0) is 15.6. The minimum absolute atomic E-state index is 0. The second kappa shape index (κ2) is 8.27. The number of aliphatic hydroxyl groups is 2. The first-order chi connectivity index (χ1) is 9.11. The van der Waals surface area contributed by atoms with Crippen molar-refractivity contribution >= 4 is 11.6 Å². The van der Waals surface area contributed by atoms with E-state index >= 15 is 0 Å². The molecule has 1 amide bonds. The van der Waals surface area contributed by atoms with E-state index in [1.807, 2.05) is 5.32 Å². The number of nitriles is 1. The van der Waals surface area contributed by atoms with Crippen LogP contribution in [0.1, 0.15) is 25.5 Å². The molecule has 0 aliphatic carbocycles. The molecule has 0 radical (unpaired) electrons. The van der Waals surface area contributed by atoms with Gasteiger partial charge in [0.1, 0.15) is 0 Å². The van der Waals surface area contributed by atoms with Crippen LogP contribution in [0.15, 0.2) is 18.2 Å². The van der Waals surface area contributed by atoms with Gasteiger partial charge in [-0.05, 0) is 25.1 Å². The average molecular weight is 488 g/mol. The number of hydrogen-bond donors (Lipinski definition) is 3. The first-order valence-corrected chi connectivity index (χ1v) is 5.38. The third-order valence-corrected chi connectivity index (χ3v) is 2.50. The SMILES string of the molecule is C.CC(O)(CO)C(=O)Nc1ccc(C#N)c(C(F)(F)F)c1.[W]. The van der Waals surface area contributed by atoms with Crippen molar-refractivity contribution in [1.29, 1.82) is 5.26 Å². The van der Waals surface area contributed by atoms with Gasteiger partial charge in [-0.2, -0.15) is 18.4 Å². The van der Waals surface area contributed by atoms with Crippen molar-refractivity contribution in [3.8, 4) is 6.07 Å². The van der Waals surface area contributed by atoms with Gasteiger partial charge in [0, 0.05) is 26.8 Å². The number of carbonyl (C=O) groups is 1. The topological polar surface area (TPSA) is 93.3 Å². The summed E-state index contributed by atoms with van der Waals surface area (Å²) in [4.78, 5) is 11.5. The van der Waals surface area contributed by atoms with E-state index in [1.54, 1.807) is 0 Å². The zero-order valence-corrected chi connectivity index (χ0v) is 13.7. The zero-order valence-electron chi connectivity index (χ0n) is 10.7. The van der Waals surface area contributed by atoms with Crippen LogP contribution in [0.3, 0.4) is 0 Å². The van der Waals surface area contributed by atoms with Crippen molar-refractivity contribution in [2.24, 2.45) is 0 Å². The molecule has 1 atom stereocenters. The fourth-order valence-corrected chi connectivity index (χ4v) is 1.29. The number of anilines is 1. The summed E-state index contributed by atoms with van der Waals surface area (Å²) < 4.78 is 38.1. The van der Waals surface area contributed by atoms with Crippen LogP contribution in [0.25, 0.3) is 0 Å². The molecule has 1 aromatic carbocycles. The monoisotopic (exact) mass is 488 g/mol. The molecule has 3 N–H and O–H groups in total. The maximum Gasteiger partial charge on any atom is 0.417 e. The van der Waals surface area contributed by atoms with Crippen molar-refractivity contribution in [3.63, 3.8) is 0 Å². The predicted octanol–water partition coefficient (Wildman–Crippen LogP) is 1.89. The molecule has 1 rings (SSSR count). The summed E-state index contributed by atoms with van der Waals surface area (Å²) in [7, 11) is 0. The van der Waals surface area contributed by atoms with Gasteiger partial charge in [0.2, 0.25) is 0 Å². The normalized spacial score (nSPS) is 13.0. The van der Waals surface area contributed by atoms with Crippen LogP contribution < -0.4 is 5.32 Å². The van der Waals surface area contributed by atoms with Crippen LogP contribution in [-0.2, 0) is 32.0 Å². The number of alkyl halides is 3. The quantitative estimate of drug-likeness (QED) is 0.607. The van der Waals surface area contributed by atoms with Crippen molar-refractivity contribution in [2.75, 3.05) is 11.9 Å². The van der Waals surface area contributed by atoms with Crippen LogP contribution >= 0.6 is 0 Å². The van der Waals surface area contributed by atoms with E-state index < -0.39 is 35.4 Å².